The van der Waals surface area contributed by atoms with E-state index < -0.39 is 0 Å². The van der Waals surface area contributed by atoms with Crippen LogP contribution >= 0.6 is 0 Å². The first-order chi connectivity index (χ1) is 15.0. The number of piperidine rings is 1. The molecule has 0 radical (unpaired) electrons. The van der Waals surface area contributed by atoms with Crippen LogP contribution in [0.15, 0.2) is 47.6 Å². The van der Waals surface area contributed by atoms with E-state index in [0.29, 0.717) is 12.5 Å². The molecule has 7 nitrogen and oxygen atoms in total. The third-order valence-electron chi connectivity index (χ3n) is 5.92. The van der Waals surface area contributed by atoms with Gasteiger partial charge in [-0.3, -0.25) is 9.79 Å². The number of hydrogen-bond acceptors (Lipinski definition) is 4. The highest BCUT2D eigenvalue weighted by atomic mass is 16.1. The summed E-state index contributed by atoms with van der Waals surface area (Å²) in [6.07, 6.45) is 3.37. The molecule has 1 amide bonds. The Morgan fingerprint density at radius 2 is 2.03 bits per heavy atom. The van der Waals surface area contributed by atoms with E-state index in [-0.39, 0.29) is 11.8 Å². The number of carbonyl (C=O) groups is 1. The van der Waals surface area contributed by atoms with Crippen LogP contribution in [0.1, 0.15) is 42.4 Å². The third-order valence-corrected chi connectivity index (χ3v) is 5.92. The summed E-state index contributed by atoms with van der Waals surface area (Å²) in [5, 5.41) is 6.84. The van der Waals surface area contributed by atoms with Crippen molar-refractivity contribution in [2.75, 3.05) is 31.6 Å². The summed E-state index contributed by atoms with van der Waals surface area (Å²) >= 11 is 0. The van der Waals surface area contributed by atoms with Crippen LogP contribution in [0.25, 0.3) is 0 Å². The molecule has 1 aliphatic rings. The fourth-order valence-corrected chi connectivity index (χ4v) is 3.97. The standard InChI is InChI=1S/C24H34N6O/c1-17-6-4-7-20(14-17)18(2)15-28-24(26-3)29-16-21-8-5-11-27-23(21)30-12-9-19(10-13-30)22(25)31/h4-8,11,14,18-19H,9-10,12-13,15-16H2,1-3H3,(H2,25,31)(H2,26,28,29). The molecule has 2 aromatic rings. The summed E-state index contributed by atoms with van der Waals surface area (Å²) in [7, 11) is 1.78. The first kappa shape index (κ1) is 22.6. The number of nitrogens with two attached hydrogens (primary N) is 1. The molecule has 1 aliphatic heterocycles. The molecule has 3 rings (SSSR count). The molecule has 1 fully saturated rings. The Kier molecular flexibility index (Phi) is 7.87. The fourth-order valence-electron chi connectivity index (χ4n) is 3.97. The highest BCUT2D eigenvalue weighted by Crippen LogP contribution is 2.24. The lowest BCUT2D eigenvalue weighted by Gasteiger charge is -2.32. The van der Waals surface area contributed by atoms with Gasteiger partial charge in [-0.25, -0.2) is 4.98 Å². The predicted molar refractivity (Wildman–Crippen MR) is 126 cm³/mol. The number of nitrogens with zero attached hydrogens (tertiary/aromatic N) is 3. The van der Waals surface area contributed by atoms with Crippen LogP contribution < -0.4 is 21.3 Å². The van der Waals surface area contributed by atoms with Crippen LogP contribution in [0.3, 0.4) is 0 Å². The molecule has 1 saturated heterocycles. The minimum absolute atomic E-state index is 0.0278. The van der Waals surface area contributed by atoms with E-state index in [4.69, 9.17) is 5.73 Å². The monoisotopic (exact) mass is 422 g/mol. The lowest BCUT2D eigenvalue weighted by molar-refractivity contribution is -0.122. The van der Waals surface area contributed by atoms with Gasteiger partial charge in [0, 0.05) is 50.9 Å². The van der Waals surface area contributed by atoms with E-state index in [2.05, 4.69) is 69.7 Å². The van der Waals surface area contributed by atoms with Gasteiger partial charge in [-0.1, -0.05) is 42.8 Å². The maximum absolute atomic E-state index is 11.4. The SMILES string of the molecule is CN=C(NCc1cccnc1N1CCC(C(N)=O)CC1)NCC(C)c1cccc(C)c1. The second kappa shape index (κ2) is 10.8. The molecule has 4 N–H and O–H groups in total. The number of amides is 1. The van der Waals surface area contributed by atoms with Gasteiger partial charge in [0.05, 0.1) is 0 Å². The number of carbonyl (C=O) groups excluding carboxylic acids is 1. The Bertz CT molecular complexity index is 904. The van der Waals surface area contributed by atoms with Crippen molar-refractivity contribution in [1.82, 2.24) is 15.6 Å². The first-order valence-corrected chi connectivity index (χ1v) is 11.0. The molecule has 1 aromatic heterocycles. The molecule has 31 heavy (non-hydrogen) atoms. The maximum Gasteiger partial charge on any atom is 0.220 e. The number of rotatable bonds is 7. The van der Waals surface area contributed by atoms with Gasteiger partial charge in [-0.05, 0) is 37.3 Å². The van der Waals surface area contributed by atoms with E-state index >= 15 is 0 Å². The Morgan fingerprint density at radius 3 is 2.71 bits per heavy atom. The molecule has 166 valence electrons. The normalized spacial score (nSPS) is 16.1. The zero-order valence-corrected chi connectivity index (χ0v) is 18.8. The zero-order chi connectivity index (χ0) is 22.2. The number of pyridine rings is 1. The zero-order valence-electron chi connectivity index (χ0n) is 18.8. The van der Waals surface area contributed by atoms with Gasteiger partial charge in [0.15, 0.2) is 5.96 Å². The first-order valence-electron chi connectivity index (χ1n) is 11.0. The number of benzene rings is 1. The molecule has 1 atom stereocenters. The number of guanidine groups is 1. The van der Waals surface area contributed by atoms with Crippen LogP contribution in [0.4, 0.5) is 5.82 Å². The quantitative estimate of drug-likeness (QED) is 0.471. The van der Waals surface area contributed by atoms with Gasteiger partial charge in [0.2, 0.25) is 5.91 Å². The Hall–Kier alpha value is -3.09. The summed E-state index contributed by atoms with van der Waals surface area (Å²) in [5.41, 5.74) is 9.17. The number of anilines is 1. The summed E-state index contributed by atoms with van der Waals surface area (Å²) in [4.78, 5) is 22.7. The van der Waals surface area contributed by atoms with Gasteiger partial charge in [0.1, 0.15) is 5.82 Å². The van der Waals surface area contributed by atoms with E-state index in [1.807, 2.05) is 12.3 Å². The summed E-state index contributed by atoms with van der Waals surface area (Å²) < 4.78 is 0. The Morgan fingerprint density at radius 1 is 1.26 bits per heavy atom. The van der Waals surface area contributed by atoms with Crippen LogP contribution in [0.2, 0.25) is 0 Å². The molecule has 0 saturated carbocycles. The average molecular weight is 423 g/mol. The van der Waals surface area contributed by atoms with Crippen molar-refractivity contribution in [3.05, 3.63) is 59.3 Å². The second-order valence-electron chi connectivity index (χ2n) is 8.27. The van der Waals surface area contributed by atoms with Crippen molar-refractivity contribution in [3.63, 3.8) is 0 Å². The highest BCUT2D eigenvalue weighted by Gasteiger charge is 2.25. The van der Waals surface area contributed by atoms with Gasteiger partial charge in [-0.2, -0.15) is 0 Å². The number of aromatic nitrogens is 1. The smallest absolute Gasteiger partial charge is 0.220 e. The van der Waals surface area contributed by atoms with E-state index in [1.54, 1.807) is 7.05 Å². The Balaban J connectivity index is 1.56. The summed E-state index contributed by atoms with van der Waals surface area (Å²) in [6.45, 7) is 7.33. The Labute approximate surface area is 185 Å². The van der Waals surface area contributed by atoms with Crippen LogP contribution in [0, 0.1) is 12.8 Å². The molecule has 0 aliphatic carbocycles. The largest absolute Gasteiger partial charge is 0.369 e. The third kappa shape index (κ3) is 6.20. The summed E-state index contributed by atoms with van der Waals surface area (Å²) in [5.74, 6) is 1.87. The molecular formula is C24H34N6O. The second-order valence-corrected chi connectivity index (χ2v) is 8.27. The number of aliphatic imine (C=N–C) groups is 1. The van der Waals surface area contributed by atoms with Gasteiger partial charge < -0.3 is 21.3 Å². The number of aryl methyl sites for hydroxylation is 1. The highest BCUT2D eigenvalue weighted by molar-refractivity contribution is 5.80. The minimum atomic E-state index is -0.197. The summed E-state index contributed by atoms with van der Waals surface area (Å²) in [6, 6.07) is 12.6. The molecule has 0 spiro atoms. The predicted octanol–water partition coefficient (Wildman–Crippen LogP) is 2.56. The van der Waals surface area contributed by atoms with E-state index in [1.165, 1.54) is 11.1 Å². The van der Waals surface area contributed by atoms with Gasteiger partial charge in [0.25, 0.3) is 0 Å². The molecule has 1 unspecified atom stereocenters. The maximum atomic E-state index is 11.4. The molecule has 2 heterocycles. The molecule has 7 heteroatoms. The minimum Gasteiger partial charge on any atom is -0.369 e. The lowest BCUT2D eigenvalue weighted by Crippen LogP contribution is -2.41. The van der Waals surface area contributed by atoms with Crippen molar-refractivity contribution in [3.8, 4) is 0 Å². The van der Waals surface area contributed by atoms with Gasteiger partial charge >= 0.3 is 0 Å². The van der Waals surface area contributed by atoms with Crippen LogP contribution in [-0.2, 0) is 11.3 Å². The van der Waals surface area contributed by atoms with Crippen molar-refractivity contribution in [2.45, 2.75) is 39.2 Å². The average Bonchev–Trinajstić information content (AvgIpc) is 2.79. The number of nitrogens with one attached hydrogen (secondary N) is 2. The molecular weight excluding hydrogens is 388 g/mol. The van der Waals surface area contributed by atoms with E-state index in [0.717, 1.165) is 49.8 Å². The number of hydrogen-bond donors (Lipinski definition) is 3. The molecule has 1 aromatic carbocycles. The van der Waals surface area contributed by atoms with E-state index in [9.17, 15) is 4.79 Å². The fraction of sp³-hybridized carbons (Fsp3) is 0.458. The topological polar surface area (TPSA) is 95.6 Å². The van der Waals surface area contributed by atoms with Crippen LogP contribution in [0.5, 0.6) is 0 Å². The van der Waals surface area contributed by atoms with Gasteiger partial charge in [-0.15, -0.1) is 0 Å². The lowest BCUT2D eigenvalue weighted by atomic mass is 9.96. The van der Waals surface area contributed by atoms with Crippen molar-refractivity contribution in [1.29, 1.82) is 0 Å². The van der Waals surface area contributed by atoms with Crippen molar-refractivity contribution >= 4 is 17.7 Å². The van der Waals surface area contributed by atoms with Crippen LogP contribution in [-0.4, -0.2) is 43.5 Å². The number of primary amides is 1. The molecule has 0 bridgehead atoms. The van der Waals surface area contributed by atoms with Crippen molar-refractivity contribution < 1.29 is 4.79 Å². The van der Waals surface area contributed by atoms with Crippen molar-refractivity contribution in [2.24, 2.45) is 16.6 Å².